The van der Waals surface area contributed by atoms with Gasteiger partial charge in [0.1, 0.15) is 11.5 Å². The molecule has 0 aliphatic carbocycles. The molecule has 0 saturated carbocycles. The largest absolute Gasteiger partial charge is 0.496 e. The van der Waals surface area contributed by atoms with Gasteiger partial charge in [-0.05, 0) is 73.0 Å². The van der Waals surface area contributed by atoms with Crippen LogP contribution in [0.1, 0.15) is 22.3 Å². The van der Waals surface area contributed by atoms with Crippen LogP contribution in [0.5, 0.6) is 11.5 Å². The fourth-order valence-electron chi connectivity index (χ4n) is 2.88. The Morgan fingerprint density at radius 2 is 1.00 bits per heavy atom. The van der Waals surface area contributed by atoms with Gasteiger partial charge in [0.05, 0.1) is 14.2 Å². The normalized spacial score (nSPS) is 10.6. The van der Waals surface area contributed by atoms with Crippen molar-refractivity contribution < 1.29 is 24.1 Å². The lowest BCUT2D eigenvalue weighted by Gasteiger charge is -2.18. The standard InChI is InChI=1S/C18H24B2O5/c1-11-13(3)17(23-5)9-7-15(11)19(21)25-20(22)16-8-10-18(24-6)14(4)12(16)2/h7-10,21-22H,1-6H3. The van der Waals surface area contributed by atoms with Gasteiger partial charge < -0.3 is 24.1 Å². The van der Waals surface area contributed by atoms with Crippen molar-refractivity contribution in [2.75, 3.05) is 14.2 Å². The van der Waals surface area contributed by atoms with Crippen LogP contribution in [0.15, 0.2) is 24.3 Å². The van der Waals surface area contributed by atoms with E-state index in [2.05, 4.69) is 0 Å². The number of benzene rings is 2. The molecule has 0 fully saturated rings. The second-order valence-corrected chi connectivity index (χ2v) is 6.05. The van der Waals surface area contributed by atoms with Crippen LogP contribution in [0, 0.1) is 27.7 Å². The Balaban J connectivity index is 2.25. The van der Waals surface area contributed by atoms with Crippen molar-refractivity contribution in [3.8, 4) is 11.5 Å². The predicted octanol–water partition coefficient (Wildman–Crippen LogP) is 1.03. The smallest absolute Gasteiger partial charge is 0.478 e. The molecule has 0 spiro atoms. The Kier molecular flexibility index (Phi) is 6.16. The number of ether oxygens (including phenoxy) is 2. The lowest BCUT2D eigenvalue weighted by atomic mass is 9.68. The van der Waals surface area contributed by atoms with E-state index in [1.54, 1.807) is 38.5 Å². The minimum absolute atomic E-state index is 0.597. The van der Waals surface area contributed by atoms with Crippen LogP contribution in [0.25, 0.3) is 0 Å². The maximum absolute atomic E-state index is 10.4. The molecule has 0 saturated heterocycles. The summed E-state index contributed by atoms with van der Waals surface area (Å²) in [7, 11) is 0.711. The SMILES string of the molecule is COc1ccc(B(O)OB(O)c2ccc(OC)c(C)c2C)c(C)c1C. The highest BCUT2D eigenvalue weighted by atomic mass is 16.5. The van der Waals surface area contributed by atoms with Gasteiger partial charge in [-0.1, -0.05) is 12.1 Å². The molecular formula is C18H24B2O5. The molecule has 132 valence electrons. The lowest BCUT2D eigenvalue weighted by Crippen LogP contribution is -2.46. The highest BCUT2D eigenvalue weighted by molar-refractivity contribution is 6.73. The minimum Gasteiger partial charge on any atom is -0.496 e. The Bertz CT molecular complexity index is 700. The molecule has 0 aromatic heterocycles. The van der Waals surface area contributed by atoms with Crippen molar-refractivity contribution in [2.24, 2.45) is 0 Å². The first-order valence-electron chi connectivity index (χ1n) is 8.11. The van der Waals surface area contributed by atoms with Crippen LogP contribution >= 0.6 is 0 Å². The van der Waals surface area contributed by atoms with Gasteiger partial charge in [-0.15, -0.1) is 0 Å². The summed E-state index contributed by atoms with van der Waals surface area (Å²) in [6, 6.07) is 7.04. The first kappa shape index (κ1) is 19.4. The van der Waals surface area contributed by atoms with Crippen molar-refractivity contribution in [1.29, 1.82) is 0 Å². The molecule has 2 rings (SSSR count). The van der Waals surface area contributed by atoms with Crippen molar-refractivity contribution in [3.05, 3.63) is 46.5 Å². The van der Waals surface area contributed by atoms with Gasteiger partial charge in [0.25, 0.3) is 0 Å². The van der Waals surface area contributed by atoms with Crippen molar-refractivity contribution in [2.45, 2.75) is 27.7 Å². The number of rotatable bonds is 6. The summed E-state index contributed by atoms with van der Waals surface area (Å²) in [5.74, 6) is 1.49. The maximum Gasteiger partial charge on any atom is 0.478 e. The lowest BCUT2D eigenvalue weighted by molar-refractivity contribution is 0.378. The van der Waals surface area contributed by atoms with Gasteiger partial charge in [-0.25, -0.2) is 0 Å². The van der Waals surface area contributed by atoms with Crippen molar-refractivity contribution in [3.63, 3.8) is 0 Å². The van der Waals surface area contributed by atoms with Crippen LogP contribution in [-0.4, -0.2) is 38.5 Å². The van der Waals surface area contributed by atoms with E-state index < -0.39 is 14.2 Å². The predicted molar refractivity (Wildman–Crippen MR) is 101 cm³/mol. The average molecular weight is 342 g/mol. The summed E-state index contributed by atoms with van der Waals surface area (Å²) in [4.78, 5) is 0. The minimum atomic E-state index is -1.25. The molecule has 0 aliphatic rings. The third-order valence-corrected chi connectivity index (χ3v) is 4.79. The molecule has 5 nitrogen and oxygen atoms in total. The molecule has 0 aliphatic heterocycles. The quantitative estimate of drug-likeness (QED) is 0.768. The van der Waals surface area contributed by atoms with E-state index in [4.69, 9.17) is 14.0 Å². The van der Waals surface area contributed by atoms with E-state index in [9.17, 15) is 10.0 Å². The summed E-state index contributed by atoms with van der Waals surface area (Å²) in [6.07, 6.45) is 0. The van der Waals surface area contributed by atoms with Gasteiger partial charge in [0, 0.05) is 0 Å². The molecule has 7 heteroatoms. The molecule has 25 heavy (non-hydrogen) atoms. The topological polar surface area (TPSA) is 68.2 Å². The number of methoxy groups -OCH3 is 2. The summed E-state index contributed by atoms with van der Waals surface area (Å²) < 4.78 is 16.0. The Morgan fingerprint density at radius 3 is 1.32 bits per heavy atom. The zero-order chi connectivity index (χ0) is 18.7. The molecule has 2 aromatic rings. The molecular weight excluding hydrogens is 318 g/mol. The Labute approximate surface area is 149 Å². The summed E-state index contributed by atoms with van der Waals surface area (Å²) in [5.41, 5.74) is 4.77. The molecule has 0 radical (unpaired) electrons. The van der Waals surface area contributed by atoms with Crippen LogP contribution in [0.2, 0.25) is 0 Å². The average Bonchev–Trinajstić information content (AvgIpc) is 2.59. The van der Waals surface area contributed by atoms with Gasteiger partial charge in [-0.2, -0.15) is 0 Å². The molecule has 2 N–H and O–H groups in total. The van der Waals surface area contributed by atoms with E-state index in [0.717, 1.165) is 33.8 Å². The molecule has 0 atom stereocenters. The van der Waals surface area contributed by atoms with Crippen molar-refractivity contribution in [1.82, 2.24) is 0 Å². The fourth-order valence-corrected chi connectivity index (χ4v) is 2.88. The van der Waals surface area contributed by atoms with E-state index in [-0.39, 0.29) is 0 Å². The highest BCUT2D eigenvalue weighted by Crippen LogP contribution is 2.20. The third-order valence-electron chi connectivity index (χ3n) is 4.79. The van der Waals surface area contributed by atoms with E-state index in [0.29, 0.717) is 10.9 Å². The van der Waals surface area contributed by atoms with Crippen LogP contribution in [0.3, 0.4) is 0 Å². The second-order valence-electron chi connectivity index (χ2n) is 6.05. The summed E-state index contributed by atoms with van der Waals surface area (Å²) >= 11 is 0. The Hall–Kier alpha value is -1.95. The van der Waals surface area contributed by atoms with Crippen LogP contribution < -0.4 is 20.4 Å². The molecule has 0 unspecified atom stereocenters. The Morgan fingerprint density at radius 1 is 0.640 bits per heavy atom. The van der Waals surface area contributed by atoms with Gasteiger partial charge in [-0.3, -0.25) is 0 Å². The molecule has 2 aromatic carbocycles. The first-order valence-corrected chi connectivity index (χ1v) is 8.11. The van der Waals surface area contributed by atoms with Gasteiger partial charge in [0.15, 0.2) is 0 Å². The van der Waals surface area contributed by atoms with E-state index >= 15 is 0 Å². The number of hydrogen-bond acceptors (Lipinski definition) is 5. The zero-order valence-electron chi connectivity index (χ0n) is 15.6. The van der Waals surface area contributed by atoms with Crippen molar-refractivity contribution >= 4 is 25.2 Å². The zero-order valence-corrected chi connectivity index (χ0v) is 15.6. The first-order chi connectivity index (χ1) is 11.8. The molecule has 0 bridgehead atoms. The summed E-state index contributed by atoms with van der Waals surface area (Å²) in [6.45, 7) is 7.60. The molecule has 0 heterocycles. The third kappa shape index (κ3) is 3.84. The van der Waals surface area contributed by atoms with Gasteiger partial charge >= 0.3 is 14.2 Å². The summed E-state index contributed by atoms with van der Waals surface area (Å²) in [5, 5.41) is 20.9. The van der Waals surface area contributed by atoms with E-state index in [1.807, 2.05) is 27.7 Å². The van der Waals surface area contributed by atoms with Crippen LogP contribution in [-0.2, 0) is 4.57 Å². The second kappa shape index (κ2) is 7.95. The molecule has 0 amide bonds. The van der Waals surface area contributed by atoms with Gasteiger partial charge in [0.2, 0.25) is 0 Å². The highest BCUT2D eigenvalue weighted by Gasteiger charge is 2.29. The van der Waals surface area contributed by atoms with E-state index in [1.165, 1.54) is 0 Å². The maximum atomic E-state index is 10.4. The monoisotopic (exact) mass is 342 g/mol. The fraction of sp³-hybridized carbons (Fsp3) is 0.333. The van der Waals surface area contributed by atoms with Crippen LogP contribution in [0.4, 0.5) is 0 Å². The number of hydrogen-bond donors (Lipinski definition) is 2.